The van der Waals surface area contributed by atoms with Gasteiger partial charge in [0.1, 0.15) is 11.6 Å². The molecule has 0 aliphatic carbocycles. The molecule has 0 unspecified atom stereocenters. The maximum Gasteiger partial charge on any atom is 0.294 e. The first-order valence-electron chi connectivity index (χ1n) is 7.93. The number of nitrogens with zero attached hydrogens (tertiary/aromatic N) is 2. The number of anilines is 1. The van der Waals surface area contributed by atoms with Gasteiger partial charge in [-0.1, -0.05) is 6.07 Å². The minimum Gasteiger partial charge on any atom is -0.388 e. The van der Waals surface area contributed by atoms with Crippen LogP contribution in [-0.4, -0.2) is 63.2 Å². The van der Waals surface area contributed by atoms with E-state index in [2.05, 4.69) is 15.5 Å². The van der Waals surface area contributed by atoms with Crippen LogP contribution in [0.1, 0.15) is 0 Å². The average Bonchev–Trinajstić information content (AvgIpc) is 2.62. The molecule has 0 atom stereocenters. The second-order valence-corrected chi connectivity index (χ2v) is 6.96. The molecule has 26 heavy (non-hydrogen) atoms. The van der Waals surface area contributed by atoms with Gasteiger partial charge in [0.05, 0.1) is 18.1 Å². The maximum absolute atomic E-state index is 12.1. The molecule has 1 fully saturated rings. The van der Waals surface area contributed by atoms with Crippen molar-refractivity contribution in [2.24, 2.45) is 0 Å². The highest BCUT2D eigenvalue weighted by Crippen LogP contribution is 2.15. The van der Waals surface area contributed by atoms with Gasteiger partial charge in [-0.2, -0.15) is 13.7 Å². The van der Waals surface area contributed by atoms with Crippen molar-refractivity contribution in [3.63, 3.8) is 0 Å². The van der Waals surface area contributed by atoms with Gasteiger partial charge in [0, 0.05) is 38.1 Å². The van der Waals surface area contributed by atoms with Crippen LogP contribution in [-0.2, 0) is 19.6 Å². The van der Waals surface area contributed by atoms with Crippen LogP contribution >= 0.6 is 0 Å². The van der Waals surface area contributed by atoms with Crippen molar-refractivity contribution in [3.8, 4) is 6.07 Å². The Morgan fingerprint density at radius 1 is 1.38 bits per heavy atom. The summed E-state index contributed by atoms with van der Waals surface area (Å²) < 4.78 is 36.5. The third kappa shape index (κ3) is 6.12. The molecule has 10 heteroatoms. The summed E-state index contributed by atoms with van der Waals surface area (Å²) in [6, 6.07) is 6.91. The van der Waals surface area contributed by atoms with E-state index in [0.717, 1.165) is 25.7 Å². The number of hydrogen-bond acceptors (Lipinski definition) is 7. The molecule has 2 rings (SSSR count). The SMILES string of the molecule is N#C/C(=C/NCCN1CCOCC1)C(=O)Nc1cccc(S(=O)(=O)O)c1. The highest BCUT2D eigenvalue weighted by atomic mass is 32.2. The Hall–Kier alpha value is -2.45. The second kappa shape index (κ2) is 9.30. The molecule has 1 heterocycles. The van der Waals surface area contributed by atoms with Crippen molar-refractivity contribution < 1.29 is 22.5 Å². The maximum atomic E-state index is 12.1. The van der Waals surface area contributed by atoms with E-state index >= 15 is 0 Å². The van der Waals surface area contributed by atoms with E-state index in [1.807, 2.05) is 0 Å². The zero-order valence-corrected chi connectivity index (χ0v) is 14.8. The molecule has 9 nitrogen and oxygen atoms in total. The Morgan fingerprint density at radius 3 is 2.77 bits per heavy atom. The van der Waals surface area contributed by atoms with E-state index in [0.29, 0.717) is 19.8 Å². The monoisotopic (exact) mass is 380 g/mol. The largest absolute Gasteiger partial charge is 0.388 e. The van der Waals surface area contributed by atoms with Gasteiger partial charge in [-0.25, -0.2) is 0 Å². The van der Waals surface area contributed by atoms with Gasteiger partial charge in [0.25, 0.3) is 16.0 Å². The quantitative estimate of drug-likeness (QED) is 0.265. The minimum absolute atomic E-state index is 0.149. The standard InChI is InChI=1S/C16H20N4O5S/c17-11-13(12-18-4-5-20-6-8-25-9-7-20)16(21)19-14-2-1-3-15(10-14)26(22,23)24/h1-3,10,12,18H,4-9H2,(H,19,21)(H,22,23,24)/b13-12-. The third-order valence-electron chi connectivity index (χ3n) is 3.68. The number of hydrogen-bond donors (Lipinski definition) is 3. The van der Waals surface area contributed by atoms with Gasteiger partial charge in [0.15, 0.2) is 0 Å². The average molecular weight is 380 g/mol. The lowest BCUT2D eigenvalue weighted by molar-refractivity contribution is -0.112. The summed E-state index contributed by atoms with van der Waals surface area (Å²) in [6.45, 7) is 4.42. The van der Waals surface area contributed by atoms with Gasteiger partial charge in [-0.3, -0.25) is 14.2 Å². The molecule has 0 spiro atoms. The Bertz CT molecular complexity index is 810. The molecule has 0 bridgehead atoms. The zero-order chi connectivity index (χ0) is 19.0. The molecule has 3 N–H and O–H groups in total. The number of amides is 1. The first-order valence-corrected chi connectivity index (χ1v) is 9.37. The van der Waals surface area contributed by atoms with Crippen molar-refractivity contribution in [3.05, 3.63) is 36.0 Å². The van der Waals surface area contributed by atoms with Crippen LogP contribution in [0.4, 0.5) is 5.69 Å². The fourth-order valence-corrected chi connectivity index (χ4v) is 2.83. The molecule has 1 aromatic carbocycles. The van der Waals surface area contributed by atoms with Gasteiger partial charge in [-0.15, -0.1) is 0 Å². The summed E-state index contributed by atoms with van der Waals surface area (Å²) in [5.41, 5.74) is 0.00354. The molecule has 1 aliphatic heterocycles. The molecule has 140 valence electrons. The van der Waals surface area contributed by atoms with Crippen LogP contribution in [0.3, 0.4) is 0 Å². The topological polar surface area (TPSA) is 132 Å². The predicted octanol–water partition coefficient (Wildman–Crippen LogP) is 0.201. The molecule has 0 radical (unpaired) electrons. The van der Waals surface area contributed by atoms with Crippen molar-refractivity contribution in [2.45, 2.75) is 4.90 Å². The highest BCUT2D eigenvalue weighted by molar-refractivity contribution is 7.85. The minimum atomic E-state index is -4.37. The number of morpholine rings is 1. The Kier molecular flexibility index (Phi) is 7.11. The van der Waals surface area contributed by atoms with Crippen LogP contribution in [0.2, 0.25) is 0 Å². The van der Waals surface area contributed by atoms with Gasteiger partial charge >= 0.3 is 0 Å². The van der Waals surface area contributed by atoms with Crippen molar-refractivity contribution in [2.75, 3.05) is 44.7 Å². The number of carbonyl (C=O) groups is 1. The normalized spacial score (nSPS) is 15.9. The summed E-state index contributed by atoms with van der Waals surface area (Å²) in [6.07, 6.45) is 1.32. The molecule has 1 amide bonds. The van der Waals surface area contributed by atoms with E-state index in [1.165, 1.54) is 24.4 Å². The highest BCUT2D eigenvalue weighted by Gasteiger charge is 2.13. The lowest BCUT2D eigenvalue weighted by Crippen LogP contribution is -2.39. The van der Waals surface area contributed by atoms with E-state index in [9.17, 15) is 13.2 Å². The second-order valence-electron chi connectivity index (χ2n) is 5.53. The number of rotatable bonds is 7. The molecular weight excluding hydrogens is 360 g/mol. The fourth-order valence-electron chi connectivity index (χ4n) is 2.30. The predicted molar refractivity (Wildman–Crippen MR) is 93.8 cm³/mol. The molecule has 1 saturated heterocycles. The molecule has 0 aromatic heterocycles. The summed E-state index contributed by atoms with van der Waals surface area (Å²) in [7, 11) is -4.37. The van der Waals surface area contributed by atoms with E-state index in [-0.39, 0.29) is 16.2 Å². The lowest BCUT2D eigenvalue weighted by Gasteiger charge is -2.26. The number of carbonyl (C=O) groups excluding carboxylic acids is 1. The van der Waals surface area contributed by atoms with Crippen LogP contribution in [0.15, 0.2) is 40.9 Å². The van der Waals surface area contributed by atoms with Crippen LogP contribution in [0.25, 0.3) is 0 Å². The van der Waals surface area contributed by atoms with Crippen molar-refractivity contribution in [1.29, 1.82) is 5.26 Å². The van der Waals surface area contributed by atoms with Gasteiger partial charge < -0.3 is 15.4 Å². The number of nitrogens with one attached hydrogen (secondary N) is 2. The van der Waals surface area contributed by atoms with Crippen LogP contribution in [0, 0.1) is 11.3 Å². The van der Waals surface area contributed by atoms with Crippen molar-refractivity contribution >= 4 is 21.7 Å². The number of nitriles is 1. The van der Waals surface area contributed by atoms with E-state index < -0.39 is 16.0 Å². The first-order chi connectivity index (χ1) is 12.4. The van der Waals surface area contributed by atoms with Gasteiger partial charge in [0.2, 0.25) is 0 Å². The van der Waals surface area contributed by atoms with Crippen LogP contribution in [0.5, 0.6) is 0 Å². The molecule has 1 aliphatic rings. The summed E-state index contributed by atoms with van der Waals surface area (Å²) in [4.78, 5) is 14.0. The molecule has 0 saturated carbocycles. The summed E-state index contributed by atoms with van der Waals surface area (Å²) >= 11 is 0. The number of benzene rings is 1. The number of ether oxygens (including phenoxy) is 1. The van der Waals surface area contributed by atoms with E-state index in [4.69, 9.17) is 14.6 Å². The van der Waals surface area contributed by atoms with Crippen LogP contribution < -0.4 is 10.6 Å². The van der Waals surface area contributed by atoms with E-state index in [1.54, 1.807) is 6.07 Å². The van der Waals surface area contributed by atoms with Gasteiger partial charge in [-0.05, 0) is 18.2 Å². The summed E-state index contributed by atoms with van der Waals surface area (Å²) in [5, 5.41) is 14.5. The lowest BCUT2D eigenvalue weighted by atomic mass is 10.2. The molecular formula is C16H20N4O5S. The van der Waals surface area contributed by atoms with Crippen molar-refractivity contribution in [1.82, 2.24) is 10.2 Å². The first kappa shape index (κ1) is 19.9. The smallest absolute Gasteiger partial charge is 0.294 e. The Labute approximate surface area is 152 Å². The molecule has 1 aromatic rings. The Morgan fingerprint density at radius 2 is 2.12 bits per heavy atom. The summed E-state index contributed by atoms with van der Waals surface area (Å²) in [5.74, 6) is -0.682. The third-order valence-corrected chi connectivity index (χ3v) is 4.53. The Balaban J connectivity index is 1.90. The zero-order valence-electron chi connectivity index (χ0n) is 14.0. The fraction of sp³-hybridized carbons (Fsp3) is 0.375.